The van der Waals surface area contributed by atoms with E-state index in [4.69, 9.17) is 4.74 Å². The van der Waals surface area contributed by atoms with E-state index in [0.29, 0.717) is 12.0 Å². The Morgan fingerprint density at radius 1 is 1.21 bits per heavy atom. The van der Waals surface area contributed by atoms with Gasteiger partial charge < -0.3 is 4.74 Å². The Hall–Kier alpha value is -1.08. The van der Waals surface area contributed by atoms with Crippen LogP contribution < -0.4 is 0 Å². The molecule has 0 N–H and O–H groups in total. The van der Waals surface area contributed by atoms with Gasteiger partial charge in [-0.25, -0.2) is 0 Å². The summed E-state index contributed by atoms with van der Waals surface area (Å²) in [5.74, 6) is 0.508. The highest BCUT2D eigenvalue weighted by atomic mass is 16.5. The topological polar surface area (TPSA) is 9.23 Å². The highest BCUT2D eigenvalue weighted by Gasteiger charge is 2.28. The van der Waals surface area contributed by atoms with Gasteiger partial charge in [-0.05, 0) is 24.0 Å². The van der Waals surface area contributed by atoms with Crippen molar-refractivity contribution in [3.05, 3.63) is 41.5 Å². The third-order valence-electron chi connectivity index (χ3n) is 3.20. The molecule has 1 heterocycles. The van der Waals surface area contributed by atoms with E-state index in [1.54, 1.807) is 0 Å². The molecule has 2 unspecified atom stereocenters. The van der Waals surface area contributed by atoms with Crippen molar-refractivity contribution in [2.45, 2.75) is 24.9 Å². The molecule has 0 saturated carbocycles. The Balaban J connectivity index is 1.93. The van der Waals surface area contributed by atoms with Crippen molar-refractivity contribution in [2.24, 2.45) is 0 Å². The first-order valence-corrected chi connectivity index (χ1v) is 5.34. The molecular formula is C13H14O. The summed E-state index contributed by atoms with van der Waals surface area (Å²) in [6.45, 7) is 0.942. The summed E-state index contributed by atoms with van der Waals surface area (Å²) in [5.41, 5.74) is 2.81. The Morgan fingerprint density at radius 3 is 3.00 bits per heavy atom. The molecule has 0 aromatic heterocycles. The van der Waals surface area contributed by atoms with Crippen molar-refractivity contribution >= 4 is 6.08 Å². The molecule has 14 heavy (non-hydrogen) atoms. The van der Waals surface area contributed by atoms with E-state index in [1.807, 2.05) is 0 Å². The van der Waals surface area contributed by atoms with Crippen LogP contribution in [0.15, 0.2) is 30.3 Å². The molecule has 0 amide bonds. The molecule has 1 fully saturated rings. The van der Waals surface area contributed by atoms with Gasteiger partial charge in [0.25, 0.3) is 0 Å². The maximum absolute atomic E-state index is 5.74. The summed E-state index contributed by atoms with van der Waals surface area (Å²) < 4.78 is 5.74. The second-order valence-corrected chi connectivity index (χ2v) is 4.07. The molecule has 1 saturated heterocycles. The predicted molar refractivity (Wildman–Crippen MR) is 57.2 cm³/mol. The first-order chi connectivity index (χ1) is 6.95. The van der Waals surface area contributed by atoms with Gasteiger partial charge in [0.1, 0.15) is 0 Å². The molecule has 2 atom stereocenters. The largest absolute Gasteiger partial charge is 0.377 e. The normalized spacial score (nSPS) is 29.4. The van der Waals surface area contributed by atoms with Gasteiger partial charge >= 0.3 is 0 Å². The molecule has 1 aromatic rings. The highest BCUT2D eigenvalue weighted by Crippen LogP contribution is 2.36. The van der Waals surface area contributed by atoms with Gasteiger partial charge in [0.2, 0.25) is 0 Å². The monoisotopic (exact) mass is 186 g/mol. The third kappa shape index (κ3) is 1.20. The van der Waals surface area contributed by atoms with Gasteiger partial charge in [-0.1, -0.05) is 36.4 Å². The minimum absolute atomic E-state index is 0.426. The Kier molecular flexibility index (Phi) is 1.91. The van der Waals surface area contributed by atoms with Crippen molar-refractivity contribution in [2.75, 3.05) is 6.61 Å². The summed E-state index contributed by atoms with van der Waals surface area (Å²) in [6.07, 6.45) is 7.37. The average Bonchev–Trinajstić information content (AvgIpc) is 2.85. The molecule has 72 valence electrons. The lowest BCUT2D eigenvalue weighted by atomic mass is 9.94. The lowest BCUT2D eigenvalue weighted by Crippen LogP contribution is -2.14. The lowest BCUT2D eigenvalue weighted by Gasteiger charge is -2.17. The Morgan fingerprint density at radius 2 is 2.14 bits per heavy atom. The summed E-state index contributed by atoms with van der Waals surface area (Å²) in [6, 6.07) is 8.62. The van der Waals surface area contributed by atoms with Crippen LogP contribution in [0.4, 0.5) is 0 Å². The summed E-state index contributed by atoms with van der Waals surface area (Å²) in [7, 11) is 0. The summed E-state index contributed by atoms with van der Waals surface area (Å²) in [4.78, 5) is 0. The average molecular weight is 186 g/mol. The molecule has 1 aliphatic carbocycles. The van der Waals surface area contributed by atoms with Crippen molar-refractivity contribution in [3.63, 3.8) is 0 Å². The molecule has 1 nitrogen and oxygen atoms in total. The van der Waals surface area contributed by atoms with E-state index < -0.39 is 0 Å². The fraction of sp³-hybridized carbons (Fsp3) is 0.385. The van der Waals surface area contributed by atoms with Crippen molar-refractivity contribution < 1.29 is 4.74 Å². The summed E-state index contributed by atoms with van der Waals surface area (Å²) >= 11 is 0. The predicted octanol–water partition coefficient (Wildman–Crippen LogP) is 2.98. The van der Waals surface area contributed by atoms with Crippen LogP contribution in [0, 0.1) is 0 Å². The molecule has 3 rings (SSSR count). The van der Waals surface area contributed by atoms with Gasteiger partial charge in [0, 0.05) is 12.5 Å². The van der Waals surface area contributed by atoms with Gasteiger partial charge in [-0.15, -0.1) is 0 Å². The van der Waals surface area contributed by atoms with E-state index in [9.17, 15) is 0 Å². The Labute approximate surface area is 84.4 Å². The van der Waals surface area contributed by atoms with E-state index in [1.165, 1.54) is 24.0 Å². The zero-order chi connectivity index (χ0) is 9.38. The number of benzene rings is 1. The molecule has 0 radical (unpaired) electrons. The van der Waals surface area contributed by atoms with Crippen molar-refractivity contribution in [1.29, 1.82) is 0 Å². The smallest absolute Gasteiger partial charge is 0.0679 e. The number of hydrogen-bond acceptors (Lipinski definition) is 1. The number of ether oxygens (including phenoxy) is 1. The minimum Gasteiger partial charge on any atom is -0.377 e. The molecule has 0 spiro atoms. The molecule has 0 bridgehead atoms. The maximum atomic E-state index is 5.74. The Bertz CT molecular complexity index is 361. The van der Waals surface area contributed by atoms with E-state index in [2.05, 4.69) is 36.4 Å². The van der Waals surface area contributed by atoms with Gasteiger partial charge in [0.15, 0.2) is 0 Å². The number of fused-ring (bicyclic) bond motifs is 1. The molecule has 1 aromatic carbocycles. The molecule has 2 aliphatic rings. The number of hydrogen-bond donors (Lipinski definition) is 0. The molecule has 1 aliphatic heterocycles. The van der Waals surface area contributed by atoms with E-state index in [-0.39, 0.29) is 0 Å². The minimum atomic E-state index is 0.426. The first-order valence-electron chi connectivity index (χ1n) is 5.34. The van der Waals surface area contributed by atoms with Crippen LogP contribution >= 0.6 is 0 Å². The lowest BCUT2D eigenvalue weighted by molar-refractivity contribution is 0.101. The van der Waals surface area contributed by atoms with E-state index >= 15 is 0 Å². The van der Waals surface area contributed by atoms with Gasteiger partial charge in [-0.2, -0.15) is 0 Å². The van der Waals surface area contributed by atoms with Crippen molar-refractivity contribution in [3.8, 4) is 0 Å². The second-order valence-electron chi connectivity index (χ2n) is 4.07. The van der Waals surface area contributed by atoms with Crippen LogP contribution in [-0.4, -0.2) is 12.7 Å². The van der Waals surface area contributed by atoms with E-state index in [0.717, 1.165) is 6.61 Å². The van der Waals surface area contributed by atoms with Crippen LogP contribution in [0.25, 0.3) is 6.08 Å². The maximum Gasteiger partial charge on any atom is 0.0679 e. The molecule has 1 heteroatoms. The fourth-order valence-corrected chi connectivity index (χ4v) is 2.49. The third-order valence-corrected chi connectivity index (χ3v) is 3.20. The van der Waals surface area contributed by atoms with Crippen LogP contribution in [-0.2, 0) is 4.74 Å². The van der Waals surface area contributed by atoms with Gasteiger partial charge in [0.05, 0.1) is 6.10 Å². The first kappa shape index (κ1) is 8.25. The van der Waals surface area contributed by atoms with Gasteiger partial charge in [-0.3, -0.25) is 0 Å². The zero-order valence-electron chi connectivity index (χ0n) is 8.15. The SMILES string of the molecule is C1=CC(C2CCCO2)c2ccccc21. The van der Waals surface area contributed by atoms with Crippen LogP contribution in [0.3, 0.4) is 0 Å². The second kappa shape index (κ2) is 3.25. The molecular weight excluding hydrogens is 172 g/mol. The van der Waals surface area contributed by atoms with Crippen LogP contribution in [0.2, 0.25) is 0 Å². The fourth-order valence-electron chi connectivity index (χ4n) is 2.49. The van der Waals surface area contributed by atoms with Crippen LogP contribution in [0.5, 0.6) is 0 Å². The quantitative estimate of drug-likeness (QED) is 0.655. The van der Waals surface area contributed by atoms with Crippen LogP contribution in [0.1, 0.15) is 29.9 Å². The van der Waals surface area contributed by atoms with Crippen molar-refractivity contribution in [1.82, 2.24) is 0 Å². The highest BCUT2D eigenvalue weighted by molar-refractivity contribution is 5.62. The zero-order valence-corrected chi connectivity index (χ0v) is 8.15. The standard InChI is InChI=1S/C13H14O/c1-2-5-11-10(4-1)7-8-12(11)13-6-3-9-14-13/h1-2,4-5,7-8,12-13H,3,6,9H2. The summed E-state index contributed by atoms with van der Waals surface area (Å²) in [5, 5.41) is 0. The number of rotatable bonds is 1.